The van der Waals surface area contributed by atoms with Crippen LogP contribution in [0.15, 0.2) is 66.7 Å². The Hall–Kier alpha value is -5.21. The lowest BCUT2D eigenvalue weighted by Crippen LogP contribution is -2.31. The molecule has 0 radical (unpaired) electrons. The molecule has 1 heterocycles. The third kappa shape index (κ3) is 8.55. The number of cyclic esters (lactones) is 1. The van der Waals surface area contributed by atoms with Crippen molar-refractivity contribution in [2.75, 3.05) is 20.8 Å². The summed E-state index contributed by atoms with van der Waals surface area (Å²) >= 11 is 0. The minimum Gasteiger partial charge on any atom is -0.496 e. The number of carbonyl (C=O) groups is 2. The Balaban J connectivity index is 1.56. The van der Waals surface area contributed by atoms with Crippen molar-refractivity contribution in [3.8, 4) is 28.0 Å². The van der Waals surface area contributed by atoms with Gasteiger partial charge in [0, 0.05) is 18.7 Å². The van der Waals surface area contributed by atoms with Gasteiger partial charge in [0.1, 0.15) is 11.9 Å². The second-order valence-corrected chi connectivity index (χ2v) is 12.5. The molecule has 0 aromatic heterocycles. The van der Waals surface area contributed by atoms with Crippen molar-refractivity contribution in [1.29, 1.82) is 0 Å². The predicted octanol–water partition coefficient (Wildman–Crippen LogP) is 11.0. The Bertz CT molecular complexity index is 2000. The standard InChI is InChI=1S/C38H32F9NO5/c1-20-12-23(34(49)52-4)7-9-29(20)22-8-10-32(51-3)30(17-22)33-21(2)13-26(36(39,40)41)16-25(33)19-48-11-5-6-31(53-35(48)50)24-14-27(37(42,43)44)18-28(15-24)38(45,46)47/h7-10,12-18,31H,5-6,11,19H2,1-4H3/t31-/m0/s1. The van der Waals surface area contributed by atoms with E-state index in [-0.39, 0.29) is 42.3 Å². The lowest BCUT2D eigenvalue weighted by Gasteiger charge is -2.25. The number of hydrogen-bond acceptors (Lipinski definition) is 5. The maximum Gasteiger partial charge on any atom is 0.416 e. The predicted molar refractivity (Wildman–Crippen MR) is 175 cm³/mol. The molecular weight excluding hydrogens is 721 g/mol. The highest BCUT2D eigenvalue weighted by Crippen LogP contribution is 2.43. The highest BCUT2D eigenvalue weighted by molar-refractivity contribution is 5.91. The molecule has 1 aliphatic rings. The van der Waals surface area contributed by atoms with Crippen LogP contribution in [0.3, 0.4) is 0 Å². The smallest absolute Gasteiger partial charge is 0.416 e. The number of ether oxygens (including phenoxy) is 3. The molecule has 53 heavy (non-hydrogen) atoms. The van der Waals surface area contributed by atoms with E-state index in [0.29, 0.717) is 45.5 Å². The number of carbonyl (C=O) groups excluding carboxylic acids is 2. The van der Waals surface area contributed by atoms with Crippen LogP contribution in [-0.4, -0.2) is 37.7 Å². The number of esters is 1. The van der Waals surface area contributed by atoms with Crippen LogP contribution in [0.4, 0.5) is 44.3 Å². The molecule has 1 aliphatic heterocycles. The van der Waals surface area contributed by atoms with Crippen LogP contribution < -0.4 is 4.74 Å². The molecule has 1 saturated heterocycles. The van der Waals surface area contributed by atoms with Crippen molar-refractivity contribution >= 4 is 12.1 Å². The van der Waals surface area contributed by atoms with Crippen LogP contribution in [0.1, 0.15) is 68.2 Å². The summed E-state index contributed by atoms with van der Waals surface area (Å²) in [6.07, 6.45) is -17.8. The lowest BCUT2D eigenvalue weighted by atomic mass is 9.89. The summed E-state index contributed by atoms with van der Waals surface area (Å²) in [5.41, 5.74) is -1.50. The quantitative estimate of drug-likeness (QED) is 0.139. The van der Waals surface area contributed by atoms with Crippen molar-refractivity contribution in [1.82, 2.24) is 4.90 Å². The normalized spacial score (nSPS) is 15.5. The van der Waals surface area contributed by atoms with Crippen molar-refractivity contribution in [3.63, 3.8) is 0 Å². The largest absolute Gasteiger partial charge is 0.496 e. The monoisotopic (exact) mass is 753 g/mol. The van der Waals surface area contributed by atoms with Gasteiger partial charge in [-0.25, -0.2) is 9.59 Å². The molecule has 0 N–H and O–H groups in total. The Morgan fingerprint density at radius 3 is 1.96 bits per heavy atom. The Morgan fingerprint density at radius 2 is 1.40 bits per heavy atom. The highest BCUT2D eigenvalue weighted by Gasteiger charge is 2.39. The molecular formula is C38H32F9NO5. The fourth-order valence-electron chi connectivity index (χ4n) is 6.40. The summed E-state index contributed by atoms with van der Waals surface area (Å²) in [6, 6.07) is 12.7. The second-order valence-electron chi connectivity index (χ2n) is 12.5. The average Bonchev–Trinajstić information content (AvgIpc) is 3.26. The second kappa shape index (κ2) is 14.7. The van der Waals surface area contributed by atoms with Gasteiger partial charge >= 0.3 is 30.6 Å². The van der Waals surface area contributed by atoms with Crippen molar-refractivity contribution < 1.29 is 63.3 Å². The number of nitrogens with zero attached hydrogens (tertiary/aromatic N) is 1. The summed E-state index contributed by atoms with van der Waals surface area (Å²) < 4.78 is 140. The zero-order valence-corrected chi connectivity index (χ0v) is 28.6. The first-order valence-electron chi connectivity index (χ1n) is 16.0. The minimum absolute atomic E-state index is 0.0272. The third-order valence-electron chi connectivity index (χ3n) is 8.91. The van der Waals surface area contributed by atoms with Gasteiger partial charge in [-0.1, -0.05) is 12.1 Å². The van der Waals surface area contributed by atoms with Crippen LogP contribution in [-0.2, 0) is 34.5 Å². The molecule has 5 rings (SSSR count). The van der Waals surface area contributed by atoms with E-state index in [0.717, 1.165) is 17.0 Å². The zero-order valence-electron chi connectivity index (χ0n) is 28.6. The molecule has 0 bridgehead atoms. The molecule has 15 heteroatoms. The summed E-state index contributed by atoms with van der Waals surface area (Å²) in [6.45, 7) is 2.64. The van der Waals surface area contributed by atoms with Gasteiger partial charge in [-0.05, 0) is 120 Å². The van der Waals surface area contributed by atoms with Gasteiger partial charge in [0.25, 0.3) is 0 Å². The number of aryl methyl sites for hydroxylation is 2. The Labute approximate surface area is 298 Å². The maximum atomic E-state index is 14.1. The SMILES string of the molecule is COC(=O)c1ccc(-c2ccc(OC)c(-c3c(C)cc(C(F)(F)F)cc3CN3CCC[C@@H](c4cc(C(F)(F)F)cc(C(F)(F)F)c4)OC3=O)c2)c(C)c1. The first-order chi connectivity index (χ1) is 24.7. The van der Waals surface area contributed by atoms with Gasteiger partial charge in [0.2, 0.25) is 0 Å². The maximum absolute atomic E-state index is 14.1. The molecule has 0 unspecified atom stereocenters. The van der Waals surface area contributed by atoms with Crippen molar-refractivity contribution in [3.05, 3.63) is 111 Å². The number of benzene rings is 4. The van der Waals surface area contributed by atoms with Crippen LogP contribution >= 0.6 is 0 Å². The fourth-order valence-corrected chi connectivity index (χ4v) is 6.40. The van der Waals surface area contributed by atoms with E-state index in [4.69, 9.17) is 14.2 Å². The van der Waals surface area contributed by atoms with Gasteiger partial charge in [0.05, 0.1) is 36.5 Å². The highest BCUT2D eigenvalue weighted by atomic mass is 19.4. The zero-order chi connectivity index (χ0) is 39.0. The molecule has 4 aromatic carbocycles. The van der Waals surface area contributed by atoms with Gasteiger partial charge < -0.3 is 19.1 Å². The van der Waals surface area contributed by atoms with Crippen LogP contribution in [0.2, 0.25) is 0 Å². The molecule has 282 valence electrons. The number of hydrogen-bond donors (Lipinski definition) is 0. The number of methoxy groups -OCH3 is 2. The summed E-state index contributed by atoms with van der Waals surface area (Å²) in [7, 11) is 2.62. The van der Waals surface area contributed by atoms with E-state index >= 15 is 0 Å². The fraction of sp³-hybridized carbons (Fsp3) is 0.316. The summed E-state index contributed by atoms with van der Waals surface area (Å²) in [5.74, 6) is -0.260. The third-order valence-corrected chi connectivity index (χ3v) is 8.91. The molecule has 1 amide bonds. The number of alkyl halides is 9. The number of rotatable bonds is 7. The minimum atomic E-state index is -5.13. The number of amides is 1. The molecule has 1 fully saturated rings. The molecule has 0 saturated carbocycles. The first-order valence-corrected chi connectivity index (χ1v) is 16.0. The van der Waals surface area contributed by atoms with E-state index < -0.39 is 65.5 Å². The summed E-state index contributed by atoms with van der Waals surface area (Å²) in [5, 5.41) is 0. The molecule has 4 aromatic rings. The van der Waals surface area contributed by atoms with E-state index in [1.165, 1.54) is 21.1 Å². The van der Waals surface area contributed by atoms with Crippen LogP contribution in [0.5, 0.6) is 5.75 Å². The van der Waals surface area contributed by atoms with E-state index in [2.05, 4.69) is 0 Å². The summed E-state index contributed by atoms with van der Waals surface area (Å²) in [4.78, 5) is 26.6. The van der Waals surface area contributed by atoms with Gasteiger partial charge in [-0.2, -0.15) is 39.5 Å². The van der Waals surface area contributed by atoms with Gasteiger partial charge in [-0.15, -0.1) is 0 Å². The first kappa shape index (κ1) is 39.0. The molecule has 1 atom stereocenters. The number of halogens is 9. The van der Waals surface area contributed by atoms with E-state index in [1.54, 1.807) is 43.3 Å². The molecule has 6 nitrogen and oxygen atoms in total. The van der Waals surface area contributed by atoms with Crippen molar-refractivity contribution in [2.24, 2.45) is 0 Å². The van der Waals surface area contributed by atoms with Crippen LogP contribution in [0, 0.1) is 13.8 Å². The average molecular weight is 754 g/mol. The van der Waals surface area contributed by atoms with Crippen molar-refractivity contribution in [2.45, 2.75) is 57.9 Å². The Morgan fingerprint density at radius 1 is 0.774 bits per heavy atom. The molecule has 0 aliphatic carbocycles. The topological polar surface area (TPSA) is 65.1 Å². The van der Waals surface area contributed by atoms with Gasteiger partial charge in [-0.3, -0.25) is 0 Å². The van der Waals surface area contributed by atoms with Gasteiger partial charge in [0.15, 0.2) is 0 Å². The lowest BCUT2D eigenvalue weighted by molar-refractivity contribution is -0.143. The van der Waals surface area contributed by atoms with E-state index in [1.807, 2.05) is 0 Å². The molecule has 0 spiro atoms. The van der Waals surface area contributed by atoms with Crippen LogP contribution in [0.25, 0.3) is 22.3 Å². The van der Waals surface area contributed by atoms with E-state index in [9.17, 15) is 49.1 Å². The Kier molecular flexibility index (Phi) is 10.8.